The van der Waals surface area contributed by atoms with Crippen molar-refractivity contribution in [3.05, 3.63) is 53.1 Å². The first-order valence-corrected chi connectivity index (χ1v) is 19.6. The highest BCUT2D eigenvalue weighted by molar-refractivity contribution is 7.87. The van der Waals surface area contributed by atoms with Crippen LogP contribution in [0, 0.1) is 10.8 Å². The van der Waals surface area contributed by atoms with Crippen molar-refractivity contribution in [1.29, 1.82) is 0 Å². The molecule has 1 aromatic heterocycles. The van der Waals surface area contributed by atoms with Crippen LogP contribution in [0.15, 0.2) is 36.4 Å². The van der Waals surface area contributed by atoms with Crippen LogP contribution in [0.4, 0.5) is 0 Å². The lowest BCUT2D eigenvalue weighted by Crippen LogP contribution is -2.46. The molecule has 2 aliphatic heterocycles. The number of nitrogens with zero attached hydrogens (tertiary/aromatic N) is 4. The van der Waals surface area contributed by atoms with Crippen molar-refractivity contribution in [2.24, 2.45) is 10.8 Å². The Bertz CT molecular complexity index is 1960. The zero-order valence-corrected chi connectivity index (χ0v) is 31.7. The number of nitrogens with one attached hydrogen (secondary N) is 1. The molecule has 3 atom stereocenters. The summed E-state index contributed by atoms with van der Waals surface area (Å²) in [5.41, 5.74) is 5.13. The van der Waals surface area contributed by atoms with Gasteiger partial charge >= 0.3 is 10.2 Å². The van der Waals surface area contributed by atoms with Crippen LogP contribution in [0.2, 0.25) is 0 Å². The third kappa shape index (κ3) is 5.64. The average Bonchev–Trinajstić information content (AvgIpc) is 3.63. The number of hydrogen-bond acceptors (Lipinski definition) is 6. The fourth-order valence-corrected chi connectivity index (χ4v) is 9.85. The van der Waals surface area contributed by atoms with Crippen LogP contribution in [-0.4, -0.2) is 92.3 Å². The molecule has 3 aromatic rings. The molecule has 2 aromatic carbocycles. The molecule has 0 bridgehead atoms. The highest BCUT2D eigenvalue weighted by Crippen LogP contribution is 2.66. The summed E-state index contributed by atoms with van der Waals surface area (Å²) in [7, 11) is 2.66. The van der Waals surface area contributed by atoms with Crippen molar-refractivity contribution >= 4 is 32.9 Å². The molecule has 270 valence electrons. The predicted octanol–water partition coefficient (Wildman–Crippen LogP) is 5.97. The van der Waals surface area contributed by atoms with Crippen LogP contribution < -0.4 is 9.46 Å². The van der Waals surface area contributed by atoms with Gasteiger partial charge in [0.2, 0.25) is 5.91 Å². The number of hydrogen-bond donors (Lipinski definition) is 1. The van der Waals surface area contributed by atoms with E-state index in [9.17, 15) is 13.2 Å². The first-order valence-electron chi connectivity index (χ1n) is 18.2. The van der Waals surface area contributed by atoms with Crippen molar-refractivity contribution in [2.45, 2.75) is 96.7 Å². The van der Waals surface area contributed by atoms with Gasteiger partial charge in [-0.05, 0) is 92.9 Å². The Labute approximate surface area is 297 Å². The Morgan fingerprint density at radius 3 is 2.38 bits per heavy atom. The summed E-state index contributed by atoms with van der Waals surface area (Å²) in [6.45, 7) is 10.8. The first-order chi connectivity index (χ1) is 23.6. The molecule has 2 amide bonds. The average molecular weight is 704 g/mol. The van der Waals surface area contributed by atoms with E-state index in [1.165, 1.54) is 26.1 Å². The van der Waals surface area contributed by atoms with E-state index in [2.05, 4.69) is 66.0 Å². The zero-order valence-electron chi connectivity index (χ0n) is 30.9. The minimum atomic E-state index is -3.98. The second-order valence-corrected chi connectivity index (χ2v) is 18.3. The van der Waals surface area contributed by atoms with Gasteiger partial charge in [-0.15, -0.1) is 0 Å². The molecule has 0 spiro atoms. The van der Waals surface area contributed by atoms with E-state index < -0.39 is 21.5 Å². The van der Waals surface area contributed by atoms with E-state index in [-0.39, 0.29) is 28.8 Å². The lowest BCUT2D eigenvalue weighted by molar-refractivity contribution is -0.137. The van der Waals surface area contributed by atoms with E-state index in [1.54, 1.807) is 13.2 Å². The molecule has 7 rings (SSSR count). The van der Waals surface area contributed by atoms with E-state index in [1.807, 2.05) is 18.2 Å². The summed E-state index contributed by atoms with van der Waals surface area (Å²) in [5, 5.41) is 1.07. The highest BCUT2D eigenvalue weighted by Gasteiger charge is 2.65. The maximum Gasteiger partial charge on any atom is 0.303 e. The van der Waals surface area contributed by atoms with Crippen LogP contribution in [-0.2, 0) is 21.5 Å². The summed E-state index contributed by atoms with van der Waals surface area (Å²) in [5.74, 6) is 0.686. The molecule has 3 unspecified atom stereocenters. The number of methoxy groups -OCH3 is 1. The lowest BCUT2D eigenvalue weighted by atomic mass is 9.81. The van der Waals surface area contributed by atoms with Gasteiger partial charge in [0.1, 0.15) is 5.75 Å². The summed E-state index contributed by atoms with van der Waals surface area (Å²) >= 11 is 0. The number of likely N-dealkylation sites (N-methyl/N-ethyl adjacent to an activating group) is 1. The molecule has 1 N–H and O–H groups in total. The summed E-state index contributed by atoms with van der Waals surface area (Å²) in [4.78, 5) is 33.0. The molecule has 50 heavy (non-hydrogen) atoms. The number of fused-ring (bicyclic) bond motifs is 7. The van der Waals surface area contributed by atoms with E-state index in [0.717, 1.165) is 69.9 Å². The SMILES string of the molecule is COc1ccc2c(c1)C1CC1(C(=O)N1CC(N(C)C(C)C)C(C)(C)C1)Cn1c-2c(C2CCCCC2)c2ccc(C(=O)NS(=O)(=O)N(C)C)cc21. The van der Waals surface area contributed by atoms with Gasteiger partial charge in [0.05, 0.1) is 18.2 Å². The molecule has 4 aliphatic rings. The lowest BCUT2D eigenvalue weighted by Gasteiger charge is -2.36. The molecule has 1 saturated heterocycles. The van der Waals surface area contributed by atoms with Gasteiger partial charge in [0, 0.05) is 73.8 Å². The monoisotopic (exact) mass is 703 g/mol. The molecule has 3 heterocycles. The van der Waals surface area contributed by atoms with Gasteiger partial charge in [0.25, 0.3) is 5.91 Å². The number of carbonyl (C=O) groups is 2. The Morgan fingerprint density at radius 1 is 1.00 bits per heavy atom. The van der Waals surface area contributed by atoms with Crippen LogP contribution in [0.25, 0.3) is 22.2 Å². The van der Waals surface area contributed by atoms with Crippen molar-refractivity contribution in [1.82, 2.24) is 23.4 Å². The fraction of sp³-hybridized carbons (Fsp3) is 0.590. The Kier molecular flexibility index (Phi) is 8.66. The minimum Gasteiger partial charge on any atom is -0.497 e. The van der Waals surface area contributed by atoms with Gasteiger partial charge in [-0.2, -0.15) is 12.7 Å². The predicted molar refractivity (Wildman–Crippen MR) is 197 cm³/mol. The summed E-state index contributed by atoms with van der Waals surface area (Å²) < 4.78 is 36.5. The largest absolute Gasteiger partial charge is 0.497 e. The van der Waals surface area contributed by atoms with Crippen molar-refractivity contribution in [3.8, 4) is 17.0 Å². The normalized spacial score (nSPS) is 24.7. The van der Waals surface area contributed by atoms with Crippen LogP contribution in [0.1, 0.15) is 99.5 Å². The van der Waals surface area contributed by atoms with Crippen LogP contribution in [0.5, 0.6) is 5.75 Å². The summed E-state index contributed by atoms with van der Waals surface area (Å²) in [6.07, 6.45) is 6.46. The molecule has 3 fully saturated rings. The van der Waals surface area contributed by atoms with Gasteiger partial charge in [-0.1, -0.05) is 39.2 Å². The van der Waals surface area contributed by atoms with E-state index >= 15 is 4.79 Å². The maximum absolute atomic E-state index is 15.1. The second kappa shape index (κ2) is 12.4. The summed E-state index contributed by atoms with van der Waals surface area (Å²) in [6, 6.07) is 12.5. The third-order valence-electron chi connectivity index (χ3n) is 12.4. The highest BCUT2D eigenvalue weighted by atomic mass is 32.2. The first kappa shape index (κ1) is 35.0. The van der Waals surface area contributed by atoms with Crippen molar-refractivity contribution in [2.75, 3.05) is 41.3 Å². The molecule has 10 nitrogen and oxygen atoms in total. The number of amides is 2. The molecular formula is C39H53N5O5S. The quantitative estimate of drug-likeness (QED) is 0.311. The molecule has 2 aliphatic carbocycles. The number of rotatable bonds is 8. The molecule has 0 radical (unpaired) electrons. The van der Waals surface area contributed by atoms with Gasteiger partial charge in [0.15, 0.2) is 0 Å². The Balaban J connectivity index is 1.40. The van der Waals surface area contributed by atoms with Gasteiger partial charge in [-0.25, -0.2) is 4.72 Å². The Morgan fingerprint density at radius 2 is 1.72 bits per heavy atom. The van der Waals surface area contributed by atoms with Crippen molar-refractivity contribution < 1.29 is 22.7 Å². The number of aromatic nitrogens is 1. The second-order valence-electron chi connectivity index (χ2n) is 16.4. The molecule has 11 heteroatoms. The third-order valence-corrected chi connectivity index (χ3v) is 13.8. The molecule has 2 saturated carbocycles. The smallest absolute Gasteiger partial charge is 0.303 e. The number of likely N-dealkylation sites (tertiary alicyclic amines) is 1. The van der Waals surface area contributed by atoms with Crippen LogP contribution >= 0.6 is 0 Å². The Hall–Kier alpha value is -3.41. The number of benzene rings is 2. The fourth-order valence-electron chi connectivity index (χ4n) is 9.32. The topological polar surface area (TPSA) is 104 Å². The molecular weight excluding hydrogens is 651 g/mol. The standard InChI is InChI=1S/C39H53N5O5S/c1-24(2)42(7)33-21-43(22-38(33,3)4)37(46)39-20-31(39)30-19-27(49-8)15-17-28(30)35-34(25-12-10-9-11-13-25)29-16-14-26(18-32(29)44(35)23-39)36(45)40-50(47,48)41(5)6/h14-19,24-25,31,33H,9-13,20-23H2,1-8H3,(H,40,45). The van der Waals surface area contributed by atoms with E-state index in [4.69, 9.17) is 4.74 Å². The number of ether oxygens (including phenoxy) is 1. The maximum atomic E-state index is 15.1. The van der Waals surface area contributed by atoms with Crippen LogP contribution in [0.3, 0.4) is 0 Å². The van der Waals surface area contributed by atoms with Crippen molar-refractivity contribution in [3.63, 3.8) is 0 Å². The van der Waals surface area contributed by atoms with Gasteiger partial charge < -0.3 is 14.2 Å². The minimum absolute atomic E-state index is 0.0379. The van der Waals surface area contributed by atoms with Gasteiger partial charge in [-0.3, -0.25) is 14.5 Å². The number of carbonyl (C=O) groups excluding carboxylic acids is 2. The zero-order chi connectivity index (χ0) is 35.9. The van der Waals surface area contributed by atoms with E-state index in [0.29, 0.717) is 31.6 Å².